The van der Waals surface area contributed by atoms with Crippen molar-refractivity contribution in [2.75, 3.05) is 3.55 Å². The third-order valence-electron chi connectivity index (χ3n) is 5.77. The largest absolute Gasteiger partial charge is 0.542 e. The molecule has 0 N–H and O–H groups in total. The average Bonchev–Trinajstić information content (AvgIpc) is 2.43. The fourth-order valence-electron chi connectivity index (χ4n) is 1.74. The SMILES string of the molecule is C=C(O[Si](C)(C)C(C)(C)C)c1ccnc([N]([Al])[Si](C)(C)C(C)(C)C)n1. The summed E-state index contributed by atoms with van der Waals surface area (Å²) in [5.74, 6) is 1.36. The van der Waals surface area contributed by atoms with Gasteiger partial charge in [0.2, 0.25) is 0 Å². The summed E-state index contributed by atoms with van der Waals surface area (Å²) in [6, 6.07) is 1.88. The van der Waals surface area contributed by atoms with E-state index < -0.39 is 16.6 Å². The van der Waals surface area contributed by atoms with Gasteiger partial charge >= 0.3 is 16.5 Å². The van der Waals surface area contributed by atoms with Crippen LogP contribution in [-0.4, -0.2) is 43.0 Å². The molecule has 4 nitrogen and oxygen atoms in total. The average molecular weight is 392 g/mol. The van der Waals surface area contributed by atoms with Crippen LogP contribution in [0.4, 0.5) is 5.95 Å². The number of hydrogen-bond acceptors (Lipinski definition) is 4. The predicted octanol–water partition coefficient (Wildman–Crippen LogP) is 5.36. The van der Waals surface area contributed by atoms with E-state index in [1.54, 1.807) is 6.20 Å². The predicted molar refractivity (Wildman–Crippen MR) is 115 cm³/mol. The molecule has 1 heterocycles. The summed E-state index contributed by atoms with van der Waals surface area (Å²) in [6.07, 6.45) is 1.79. The summed E-state index contributed by atoms with van der Waals surface area (Å²) in [4.78, 5) is 9.24. The van der Waals surface area contributed by atoms with Gasteiger partial charge in [0.25, 0.3) is 8.32 Å². The lowest BCUT2D eigenvalue weighted by molar-refractivity contribution is 0.457. The molecule has 1 aromatic heterocycles. The third-order valence-corrected chi connectivity index (χ3v) is 17.4. The van der Waals surface area contributed by atoms with Crippen LogP contribution in [0, 0.1) is 0 Å². The quantitative estimate of drug-likeness (QED) is 0.500. The molecule has 0 atom stereocenters. The molecule has 25 heavy (non-hydrogen) atoms. The Morgan fingerprint density at radius 3 is 2.04 bits per heavy atom. The van der Waals surface area contributed by atoms with Crippen molar-refractivity contribution in [1.82, 2.24) is 9.97 Å². The van der Waals surface area contributed by atoms with E-state index in [4.69, 9.17) is 9.41 Å². The molecule has 0 aliphatic heterocycles. The molecular formula is C18H34AlN3OSi2. The maximum Gasteiger partial charge on any atom is 0.301 e. The van der Waals surface area contributed by atoms with E-state index in [-0.39, 0.29) is 10.1 Å². The lowest BCUT2D eigenvalue weighted by Gasteiger charge is -2.46. The Hall–Kier alpha value is -0.614. The molecule has 0 bridgehead atoms. The first-order valence-corrected chi connectivity index (χ1v) is 15.1. The maximum absolute atomic E-state index is 6.32. The van der Waals surface area contributed by atoms with Crippen molar-refractivity contribution in [1.29, 1.82) is 0 Å². The molecule has 0 saturated carbocycles. The minimum absolute atomic E-state index is 0.125. The van der Waals surface area contributed by atoms with Gasteiger partial charge in [0.15, 0.2) is 5.95 Å². The highest BCUT2D eigenvalue weighted by Crippen LogP contribution is 2.40. The Labute approximate surface area is 165 Å². The topological polar surface area (TPSA) is 38.2 Å². The molecule has 7 heteroatoms. The maximum atomic E-state index is 6.32. The normalized spacial score (nSPS) is 13.5. The lowest BCUT2D eigenvalue weighted by atomic mass is 10.2. The molecular weight excluding hydrogens is 357 g/mol. The van der Waals surface area contributed by atoms with Gasteiger partial charge in [0.1, 0.15) is 19.7 Å². The summed E-state index contributed by atoms with van der Waals surface area (Å²) in [6.45, 7) is 26.7. The van der Waals surface area contributed by atoms with Crippen LogP contribution in [-0.2, 0) is 4.43 Å². The highest BCUT2D eigenvalue weighted by atomic mass is 28.4. The molecule has 0 unspecified atom stereocenters. The second-order valence-electron chi connectivity index (χ2n) is 9.71. The molecule has 0 saturated heterocycles. The molecule has 0 spiro atoms. The molecule has 0 aromatic carbocycles. The summed E-state index contributed by atoms with van der Waals surface area (Å²) in [5, 5.41) is 0.322. The van der Waals surface area contributed by atoms with Gasteiger partial charge in [-0.15, -0.1) is 0 Å². The van der Waals surface area contributed by atoms with Crippen LogP contribution >= 0.6 is 0 Å². The van der Waals surface area contributed by atoms with Crippen molar-refractivity contribution in [3.05, 3.63) is 24.5 Å². The van der Waals surface area contributed by atoms with Crippen LogP contribution in [0.25, 0.3) is 5.76 Å². The smallest absolute Gasteiger partial charge is 0.301 e. The zero-order valence-corrected chi connectivity index (χ0v) is 20.8. The summed E-state index contributed by atoms with van der Waals surface area (Å²) in [7, 11) is -3.71. The minimum atomic E-state index is -1.93. The van der Waals surface area contributed by atoms with Crippen LogP contribution in [0.3, 0.4) is 0 Å². The molecule has 1 aromatic rings. The number of nitrogens with zero attached hydrogens (tertiary/aromatic N) is 3. The van der Waals surface area contributed by atoms with Crippen LogP contribution in [0.1, 0.15) is 47.2 Å². The zero-order chi connectivity index (χ0) is 19.8. The van der Waals surface area contributed by atoms with Gasteiger partial charge in [-0.1, -0.05) is 61.2 Å². The molecule has 138 valence electrons. The number of aromatic nitrogens is 2. The van der Waals surface area contributed by atoms with E-state index in [2.05, 4.69) is 99.4 Å². The Bertz CT molecular complexity index is 634. The highest BCUT2D eigenvalue weighted by molar-refractivity contribution is 6.88. The standard InChI is InChI=1S/C18H34N3OSi2.Al/c1-14(22-24(10,11)18(5,6)7)15-12-13-19-16(20-15)21-23(8,9)17(2,3)4;/h12-13H,1H2,2-11H3;/q-1;+1. The van der Waals surface area contributed by atoms with E-state index in [1.165, 1.54) is 0 Å². The molecule has 0 amide bonds. The van der Waals surface area contributed by atoms with Crippen LogP contribution in [0.5, 0.6) is 0 Å². The van der Waals surface area contributed by atoms with Gasteiger partial charge in [-0.2, -0.15) is 0 Å². The fourth-order valence-corrected chi connectivity index (χ4v) is 5.39. The molecule has 0 aliphatic rings. The second-order valence-corrected chi connectivity index (χ2v) is 20.6. The van der Waals surface area contributed by atoms with Crippen molar-refractivity contribution in [3.8, 4) is 0 Å². The molecule has 0 fully saturated rings. The Morgan fingerprint density at radius 2 is 1.60 bits per heavy atom. The first-order valence-electron chi connectivity index (χ1n) is 8.77. The van der Waals surface area contributed by atoms with Crippen LogP contribution in [0.15, 0.2) is 18.8 Å². The zero-order valence-electron chi connectivity index (χ0n) is 17.7. The Balaban J connectivity index is 3.12. The van der Waals surface area contributed by atoms with Crippen molar-refractivity contribution in [3.63, 3.8) is 0 Å². The van der Waals surface area contributed by atoms with Crippen molar-refractivity contribution < 1.29 is 4.43 Å². The van der Waals surface area contributed by atoms with E-state index >= 15 is 0 Å². The Morgan fingerprint density at radius 1 is 1.08 bits per heavy atom. The van der Waals surface area contributed by atoms with Gasteiger partial charge in [-0.3, -0.25) is 0 Å². The van der Waals surface area contributed by atoms with Crippen molar-refractivity contribution >= 4 is 44.8 Å². The lowest BCUT2D eigenvalue weighted by Crippen LogP contribution is -2.54. The van der Waals surface area contributed by atoms with E-state index in [0.29, 0.717) is 11.7 Å². The van der Waals surface area contributed by atoms with Crippen LogP contribution in [0.2, 0.25) is 36.3 Å². The third kappa shape index (κ3) is 4.97. The van der Waals surface area contributed by atoms with E-state index in [0.717, 1.165) is 5.69 Å². The van der Waals surface area contributed by atoms with Crippen molar-refractivity contribution in [2.45, 2.75) is 77.8 Å². The molecule has 1 rings (SSSR count). The second kappa shape index (κ2) is 7.19. The van der Waals surface area contributed by atoms with Gasteiger partial charge in [0.05, 0.1) is 0 Å². The van der Waals surface area contributed by atoms with Crippen molar-refractivity contribution in [2.24, 2.45) is 0 Å². The number of rotatable bonds is 5. The monoisotopic (exact) mass is 391 g/mol. The Kier molecular flexibility index (Phi) is 6.45. The number of hydrogen-bond donors (Lipinski definition) is 0. The van der Waals surface area contributed by atoms with E-state index in [9.17, 15) is 0 Å². The summed E-state index contributed by atoms with van der Waals surface area (Å²) in [5.41, 5.74) is 0.765. The first kappa shape index (κ1) is 22.4. The fraction of sp³-hybridized carbons (Fsp3) is 0.667. The van der Waals surface area contributed by atoms with Gasteiger partial charge < -0.3 is 7.98 Å². The minimum Gasteiger partial charge on any atom is -0.542 e. The van der Waals surface area contributed by atoms with Gasteiger partial charge in [-0.05, 0) is 29.2 Å². The van der Waals surface area contributed by atoms with Gasteiger partial charge in [0, 0.05) is 6.20 Å². The van der Waals surface area contributed by atoms with E-state index in [1.807, 2.05) is 6.07 Å². The molecule has 0 aliphatic carbocycles. The summed E-state index contributed by atoms with van der Waals surface area (Å²) >= 11 is 2.83. The highest BCUT2D eigenvalue weighted by Gasteiger charge is 2.40. The number of anilines is 1. The molecule has 2 radical (unpaired) electrons. The van der Waals surface area contributed by atoms with Crippen LogP contribution < -0.4 is 3.55 Å². The summed E-state index contributed by atoms with van der Waals surface area (Å²) < 4.78 is 8.51. The van der Waals surface area contributed by atoms with Gasteiger partial charge in [-0.25, -0.2) is 9.97 Å². The first-order chi connectivity index (χ1) is 11.0.